The average molecular weight is 205 g/mol. The Balaban J connectivity index is 2.44. The molecule has 0 saturated carbocycles. The van der Waals surface area contributed by atoms with Crippen LogP contribution < -0.4 is 10.1 Å². The van der Waals surface area contributed by atoms with Crippen molar-refractivity contribution in [3.8, 4) is 5.75 Å². The minimum Gasteiger partial charge on any atom is -0.490 e. The molecule has 2 rings (SSSR count). The number of benzene rings is 1. The van der Waals surface area contributed by atoms with Crippen molar-refractivity contribution >= 4 is 5.91 Å². The second-order valence-electron chi connectivity index (χ2n) is 4.63. The van der Waals surface area contributed by atoms with E-state index >= 15 is 0 Å². The van der Waals surface area contributed by atoms with E-state index < -0.39 is 0 Å². The number of hydrogen-bond donors (Lipinski definition) is 1. The van der Waals surface area contributed by atoms with E-state index in [-0.39, 0.29) is 11.4 Å². The predicted molar refractivity (Wildman–Crippen MR) is 58.2 cm³/mol. The molecule has 3 nitrogen and oxygen atoms in total. The van der Waals surface area contributed by atoms with Crippen molar-refractivity contribution < 1.29 is 9.53 Å². The van der Waals surface area contributed by atoms with E-state index in [4.69, 9.17) is 4.74 Å². The number of carbonyl (C=O) groups excluding carboxylic acids is 1. The lowest BCUT2D eigenvalue weighted by molar-refractivity contribution is 0.0909. The molecule has 0 aliphatic carbocycles. The fraction of sp³-hybridized carbons (Fsp3) is 0.417. The van der Waals surface area contributed by atoms with Gasteiger partial charge in [-0.1, -0.05) is 6.07 Å². The molecule has 0 atom stereocenters. The molecule has 80 valence electrons. The highest BCUT2D eigenvalue weighted by Crippen LogP contribution is 2.24. The maximum Gasteiger partial charge on any atom is 0.255 e. The molecule has 1 aromatic carbocycles. The van der Waals surface area contributed by atoms with Gasteiger partial charge in [0.1, 0.15) is 12.4 Å². The second-order valence-corrected chi connectivity index (χ2v) is 4.63. The Labute approximate surface area is 89.4 Å². The minimum atomic E-state index is -0.315. The molecule has 1 N–H and O–H groups in total. The van der Waals surface area contributed by atoms with Gasteiger partial charge in [-0.05, 0) is 38.5 Å². The summed E-state index contributed by atoms with van der Waals surface area (Å²) in [5.41, 5.74) is 1.40. The smallest absolute Gasteiger partial charge is 0.255 e. The molecule has 0 unspecified atom stereocenters. The first-order valence-electron chi connectivity index (χ1n) is 5.04. The first-order chi connectivity index (χ1) is 6.98. The Bertz CT molecular complexity index is 410. The summed E-state index contributed by atoms with van der Waals surface area (Å²) in [4.78, 5) is 11.8. The molecule has 1 aromatic rings. The molecular weight excluding hydrogens is 190 g/mol. The summed E-state index contributed by atoms with van der Waals surface area (Å²) in [5, 5.41) is 2.93. The maximum atomic E-state index is 11.8. The van der Waals surface area contributed by atoms with E-state index in [9.17, 15) is 4.79 Å². The van der Waals surface area contributed by atoms with Gasteiger partial charge in [0, 0.05) is 0 Å². The predicted octanol–water partition coefficient (Wildman–Crippen LogP) is 1.90. The van der Waals surface area contributed by atoms with Crippen LogP contribution in [-0.2, 0) is 0 Å². The largest absolute Gasteiger partial charge is 0.490 e. The van der Waals surface area contributed by atoms with Crippen molar-refractivity contribution in [3.05, 3.63) is 29.3 Å². The summed E-state index contributed by atoms with van der Waals surface area (Å²) in [6.45, 7) is 6.38. The van der Waals surface area contributed by atoms with E-state index in [2.05, 4.69) is 5.32 Å². The van der Waals surface area contributed by atoms with Gasteiger partial charge in [0.05, 0.1) is 11.1 Å². The zero-order valence-corrected chi connectivity index (χ0v) is 9.26. The van der Waals surface area contributed by atoms with Gasteiger partial charge in [-0.2, -0.15) is 0 Å². The Morgan fingerprint density at radius 3 is 2.87 bits per heavy atom. The average Bonchev–Trinajstić information content (AvgIpc) is 2.23. The standard InChI is InChI=1S/C12H15NO2/c1-8-4-5-9-10(6-8)15-7-12(2,3)13-11(9)14/h4-6H,7H2,1-3H3,(H,13,14). The van der Waals surface area contributed by atoms with Gasteiger partial charge in [0.2, 0.25) is 0 Å². The molecular formula is C12H15NO2. The van der Waals surface area contributed by atoms with Crippen molar-refractivity contribution in [1.82, 2.24) is 5.32 Å². The summed E-state index contributed by atoms with van der Waals surface area (Å²) in [5.74, 6) is 0.616. The molecule has 1 amide bonds. The Morgan fingerprint density at radius 1 is 1.40 bits per heavy atom. The number of aryl methyl sites for hydroxylation is 1. The fourth-order valence-corrected chi connectivity index (χ4v) is 1.61. The third kappa shape index (κ3) is 1.96. The van der Waals surface area contributed by atoms with Crippen LogP contribution in [0.3, 0.4) is 0 Å². The SMILES string of the molecule is Cc1ccc2c(c1)OCC(C)(C)NC2=O. The molecule has 0 radical (unpaired) electrons. The molecule has 0 bridgehead atoms. The molecule has 1 heterocycles. The third-order valence-electron chi connectivity index (χ3n) is 2.42. The molecule has 3 heteroatoms. The molecule has 0 saturated heterocycles. The summed E-state index contributed by atoms with van der Waals surface area (Å²) in [6.07, 6.45) is 0. The lowest BCUT2D eigenvalue weighted by Crippen LogP contribution is -2.45. The van der Waals surface area contributed by atoms with E-state index in [1.807, 2.05) is 32.9 Å². The number of rotatable bonds is 0. The van der Waals surface area contributed by atoms with Crippen LogP contribution in [-0.4, -0.2) is 18.1 Å². The van der Waals surface area contributed by atoms with Crippen LogP contribution in [0.5, 0.6) is 5.75 Å². The summed E-state index contributed by atoms with van der Waals surface area (Å²) in [6, 6.07) is 5.62. The van der Waals surface area contributed by atoms with Crippen LogP contribution >= 0.6 is 0 Å². The zero-order valence-electron chi connectivity index (χ0n) is 9.26. The third-order valence-corrected chi connectivity index (χ3v) is 2.42. The Kier molecular flexibility index (Phi) is 2.18. The molecule has 1 aliphatic heterocycles. The zero-order chi connectivity index (χ0) is 11.1. The first kappa shape index (κ1) is 10.0. The number of hydrogen-bond acceptors (Lipinski definition) is 2. The van der Waals surface area contributed by atoms with Gasteiger partial charge in [-0.3, -0.25) is 4.79 Å². The molecule has 0 spiro atoms. The van der Waals surface area contributed by atoms with E-state index in [0.29, 0.717) is 17.9 Å². The van der Waals surface area contributed by atoms with Crippen LogP contribution in [0.15, 0.2) is 18.2 Å². The Morgan fingerprint density at radius 2 is 2.13 bits per heavy atom. The normalized spacial score (nSPS) is 18.5. The van der Waals surface area contributed by atoms with Gasteiger partial charge in [-0.25, -0.2) is 0 Å². The van der Waals surface area contributed by atoms with Crippen molar-refractivity contribution in [3.63, 3.8) is 0 Å². The van der Waals surface area contributed by atoms with E-state index in [0.717, 1.165) is 5.56 Å². The number of ether oxygens (including phenoxy) is 1. The lowest BCUT2D eigenvalue weighted by atomic mass is 10.1. The quantitative estimate of drug-likeness (QED) is 0.702. The second kappa shape index (κ2) is 3.26. The van der Waals surface area contributed by atoms with Crippen LogP contribution in [0.25, 0.3) is 0 Å². The summed E-state index contributed by atoms with van der Waals surface area (Å²) in [7, 11) is 0. The molecule has 15 heavy (non-hydrogen) atoms. The monoisotopic (exact) mass is 205 g/mol. The molecule has 0 aromatic heterocycles. The number of fused-ring (bicyclic) bond motifs is 1. The molecule has 1 aliphatic rings. The minimum absolute atomic E-state index is 0.0625. The van der Waals surface area contributed by atoms with Crippen LogP contribution in [0.4, 0.5) is 0 Å². The molecule has 0 fully saturated rings. The topological polar surface area (TPSA) is 38.3 Å². The highest BCUT2D eigenvalue weighted by Gasteiger charge is 2.27. The first-order valence-corrected chi connectivity index (χ1v) is 5.04. The number of nitrogens with one attached hydrogen (secondary N) is 1. The summed E-state index contributed by atoms with van der Waals surface area (Å²) >= 11 is 0. The van der Waals surface area contributed by atoms with Crippen molar-refractivity contribution in [2.24, 2.45) is 0 Å². The van der Waals surface area contributed by atoms with Gasteiger partial charge >= 0.3 is 0 Å². The van der Waals surface area contributed by atoms with E-state index in [1.165, 1.54) is 0 Å². The Hall–Kier alpha value is -1.51. The highest BCUT2D eigenvalue weighted by atomic mass is 16.5. The van der Waals surface area contributed by atoms with Gasteiger partial charge in [0.15, 0.2) is 0 Å². The maximum absolute atomic E-state index is 11.8. The summed E-state index contributed by atoms with van der Waals surface area (Å²) < 4.78 is 5.63. The van der Waals surface area contributed by atoms with E-state index in [1.54, 1.807) is 6.07 Å². The van der Waals surface area contributed by atoms with Crippen molar-refractivity contribution in [2.75, 3.05) is 6.61 Å². The fourth-order valence-electron chi connectivity index (χ4n) is 1.61. The van der Waals surface area contributed by atoms with Crippen LogP contribution in [0, 0.1) is 6.92 Å². The lowest BCUT2D eigenvalue weighted by Gasteiger charge is -2.22. The van der Waals surface area contributed by atoms with Crippen LogP contribution in [0.1, 0.15) is 29.8 Å². The highest BCUT2D eigenvalue weighted by molar-refractivity contribution is 5.97. The van der Waals surface area contributed by atoms with Gasteiger partial charge in [0.25, 0.3) is 5.91 Å². The van der Waals surface area contributed by atoms with Gasteiger partial charge in [-0.15, -0.1) is 0 Å². The van der Waals surface area contributed by atoms with Crippen LogP contribution in [0.2, 0.25) is 0 Å². The van der Waals surface area contributed by atoms with Gasteiger partial charge < -0.3 is 10.1 Å². The van der Waals surface area contributed by atoms with Crippen molar-refractivity contribution in [2.45, 2.75) is 26.3 Å². The number of carbonyl (C=O) groups is 1. The number of amides is 1. The van der Waals surface area contributed by atoms with Crippen molar-refractivity contribution in [1.29, 1.82) is 0 Å².